The van der Waals surface area contributed by atoms with Gasteiger partial charge in [0.15, 0.2) is 5.96 Å². The third kappa shape index (κ3) is 5.40. The Hall–Kier alpha value is -0.190. The van der Waals surface area contributed by atoms with E-state index in [1.54, 1.807) is 0 Å². The molecule has 0 atom stereocenters. The Morgan fingerprint density at radius 3 is 2.60 bits per heavy atom. The summed E-state index contributed by atoms with van der Waals surface area (Å²) in [6, 6.07) is 4.34. The van der Waals surface area contributed by atoms with Gasteiger partial charge in [-0.15, -0.1) is 35.3 Å². The van der Waals surface area contributed by atoms with Crippen molar-refractivity contribution in [1.29, 1.82) is 0 Å². The summed E-state index contributed by atoms with van der Waals surface area (Å²) in [6.07, 6.45) is 4.45. The molecule has 3 heterocycles. The van der Waals surface area contributed by atoms with E-state index < -0.39 is 0 Å². The van der Waals surface area contributed by atoms with Gasteiger partial charge in [0.25, 0.3) is 0 Å². The molecule has 2 fully saturated rings. The molecule has 2 aliphatic heterocycles. The highest BCUT2D eigenvalue weighted by Gasteiger charge is 2.32. The van der Waals surface area contributed by atoms with Gasteiger partial charge in [-0.25, -0.2) is 0 Å². The molecule has 0 radical (unpaired) electrons. The summed E-state index contributed by atoms with van der Waals surface area (Å²) in [5, 5.41) is 7.16. The first-order chi connectivity index (χ1) is 11.8. The van der Waals surface area contributed by atoms with Crippen LogP contribution in [0.5, 0.6) is 0 Å². The van der Waals surface area contributed by atoms with Crippen LogP contribution in [0.25, 0.3) is 0 Å². The Kier molecular flexibility index (Phi) is 8.63. The molecule has 142 valence electrons. The molecule has 0 aliphatic carbocycles. The summed E-state index contributed by atoms with van der Waals surface area (Å²) in [5.41, 5.74) is 0. The summed E-state index contributed by atoms with van der Waals surface area (Å²) in [6.45, 7) is 6.88. The lowest BCUT2D eigenvalue weighted by molar-refractivity contribution is 0.0781. The lowest BCUT2D eigenvalue weighted by Crippen LogP contribution is -2.54. The van der Waals surface area contributed by atoms with E-state index in [4.69, 9.17) is 4.74 Å². The van der Waals surface area contributed by atoms with E-state index >= 15 is 0 Å². The van der Waals surface area contributed by atoms with Crippen molar-refractivity contribution in [2.45, 2.75) is 17.6 Å². The quantitative estimate of drug-likeness (QED) is 0.395. The minimum atomic E-state index is 0. The van der Waals surface area contributed by atoms with Gasteiger partial charge in [0.2, 0.25) is 0 Å². The predicted octanol–water partition coefficient (Wildman–Crippen LogP) is 2.98. The third-order valence-corrected chi connectivity index (χ3v) is 7.36. The summed E-state index contributed by atoms with van der Waals surface area (Å²) in [5.74, 6) is 1.04. The smallest absolute Gasteiger partial charge is 0.193 e. The Morgan fingerprint density at radius 1 is 1.32 bits per heavy atom. The molecule has 0 saturated carbocycles. The van der Waals surface area contributed by atoms with Crippen molar-refractivity contribution in [3.63, 3.8) is 0 Å². The lowest BCUT2D eigenvalue weighted by Gasteiger charge is -2.39. The molecule has 5 nitrogen and oxygen atoms in total. The van der Waals surface area contributed by atoms with E-state index in [9.17, 15) is 0 Å². The topological polar surface area (TPSA) is 40.1 Å². The molecule has 0 aromatic carbocycles. The van der Waals surface area contributed by atoms with Crippen LogP contribution in [0.15, 0.2) is 22.5 Å². The van der Waals surface area contributed by atoms with Crippen molar-refractivity contribution < 1.29 is 4.74 Å². The average Bonchev–Trinajstić information content (AvgIpc) is 3.18. The van der Waals surface area contributed by atoms with Gasteiger partial charge in [0.05, 0.1) is 5.00 Å². The highest BCUT2D eigenvalue weighted by Crippen LogP contribution is 2.33. The van der Waals surface area contributed by atoms with Crippen molar-refractivity contribution in [3.8, 4) is 0 Å². The monoisotopic (exact) mass is 496 g/mol. The highest BCUT2D eigenvalue weighted by atomic mass is 127. The fourth-order valence-corrected chi connectivity index (χ4v) is 4.93. The van der Waals surface area contributed by atoms with E-state index in [-0.39, 0.29) is 28.7 Å². The summed E-state index contributed by atoms with van der Waals surface area (Å²) in [4.78, 5) is 9.38. The molecule has 0 spiro atoms. The zero-order valence-electron chi connectivity index (χ0n) is 15.1. The zero-order valence-corrected chi connectivity index (χ0v) is 19.0. The summed E-state index contributed by atoms with van der Waals surface area (Å²) in [7, 11) is 1.89. The van der Waals surface area contributed by atoms with Crippen LogP contribution in [0.1, 0.15) is 12.8 Å². The second-order valence-corrected chi connectivity index (χ2v) is 8.53. The van der Waals surface area contributed by atoms with E-state index in [2.05, 4.69) is 43.9 Å². The Labute approximate surface area is 176 Å². The molecule has 8 heteroatoms. The number of hydrogen-bond donors (Lipinski definition) is 1. The van der Waals surface area contributed by atoms with Crippen LogP contribution in [0, 0.1) is 0 Å². The average molecular weight is 496 g/mol. The molecular weight excluding hydrogens is 467 g/mol. The van der Waals surface area contributed by atoms with E-state index in [0.717, 1.165) is 64.7 Å². The molecule has 2 aliphatic rings. The number of rotatable bonds is 4. The van der Waals surface area contributed by atoms with Crippen LogP contribution >= 0.6 is 47.1 Å². The lowest BCUT2D eigenvalue weighted by atomic mass is 9.99. The van der Waals surface area contributed by atoms with Crippen LogP contribution in [0.3, 0.4) is 0 Å². The van der Waals surface area contributed by atoms with E-state index in [1.165, 1.54) is 5.00 Å². The van der Waals surface area contributed by atoms with Gasteiger partial charge in [0, 0.05) is 57.7 Å². The highest BCUT2D eigenvalue weighted by molar-refractivity contribution is 14.0. The van der Waals surface area contributed by atoms with Crippen LogP contribution in [0.2, 0.25) is 0 Å². The molecule has 2 saturated heterocycles. The molecule has 0 amide bonds. The largest absolute Gasteiger partial charge is 0.381 e. The van der Waals surface area contributed by atoms with Crippen molar-refractivity contribution in [3.05, 3.63) is 17.5 Å². The van der Waals surface area contributed by atoms with Gasteiger partial charge in [0.1, 0.15) is 0 Å². The van der Waals surface area contributed by atoms with Gasteiger partial charge in [-0.1, -0.05) is 0 Å². The minimum Gasteiger partial charge on any atom is -0.381 e. The molecular formula is C17H29IN4OS2. The number of aliphatic imine (C=N–C) groups is 1. The standard InChI is InChI=1S/C17H28N4OS2.HI/c1-18-16(19-14-17(23-2)5-11-22-12-6-17)21-9-7-20(8-10-21)15-4-3-13-24-15;/h3-4,13H,5-12,14H2,1-2H3,(H,18,19);1H. The molecule has 0 bridgehead atoms. The summed E-state index contributed by atoms with van der Waals surface area (Å²) >= 11 is 3.79. The van der Waals surface area contributed by atoms with Gasteiger partial charge < -0.3 is 19.9 Å². The maximum Gasteiger partial charge on any atom is 0.193 e. The number of ether oxygens (including phenoxy) is 1. The molecule has 1 aromatic heterocycles. The van der Waals surface area contributed by atoms with Gasteiger partial charge in [-0.2, -0.15) is 11.8 Å². The number of guanidine groups is 1. The minimum absolute atomic E-state index is 0. The Morgan fingerprint density at radius 2 is 2.04 bits per heavy atom. The summed E-state index contributed by atoms with van der Waals surface area (Å²) < 4.78 is 5.82. The van der Waals surface area contributed by atoms with Crippen molar-refractivity contribution >= 4 is 58.0 Å². The van der Waals surface area contributed by atoms with E-state index in [1.807, 2.05) is 30.1 Å². The number of anilines is 1. The van der Waals surface area contributed by atoms with Crippen LogP contribution in [-0.4, -0.2) is 74.8 Å². The molecule has 3 rings (SSSR count). The van der Waals surface area contributed by atoms with Crippen molar-refractivity contribution in [2.24, 2.45) is 4.99 Å². The first-order valence-electron chi connectivity index (χ1n) is 8.63. The first kappa shape index (κ1) is 21.1. The number of nitrogens with zero attached hydrogens (tertiary/aromatic N) is 3. The van der Waals surface area contributed by atoms with Crippen LogP contribution < -0.4 is 10.2 Å². The van der Waals surface area contributed by atoms with Crippen molar-refractivity contribution in [2.75, 3.05) is 64.1 Å². The number of piperazine rings is 1. The van der Waals surface area contributed by atoms with Crippen LogP contribution in [-0.2, 0) is 4.74 Å². The second-order valence-electron chi connectivity index (χ2n) is 6.33. The molecule has 0 unspecified atom stereocenters. The fourth-order valence-electron chi connectivity index (χ4n) is 3.36. The maximum atomic E-state index is 5.54. The fraction of sp³-hybridized carbons (Fsp3) is 0.706. The molecule has 1 N–H and O–H groups in total. The predicted molar refractivity (Wildman–Crippen MR) is 121 cm³/mol. The molecule has 1 aromatic rings. The zero-order chi connectivity index (χ0) is 16.8. The number of halogens is 1. The normalized spacial score (nSPS) is 21.0. The number of thiophene rings is 1. The van der Waals surface area contributed by atoms with Gasteiger partial charge >= 0.3 is 0 Å². The third-order valence-electron chi connectivity index (χ3n) is 5.01. The molecule has 25 heavy (non-hydrogen) atoms. The van der Waals surface area contributed by atoms with Crippen LogP contribution in [0.4, 0.5) is 5.00 Å². The SMILES string of the molecule is CN=C(NCC1(SC)CCOCC1)N1CCN(c2cccs2)CC1.I. The van der Waals surface area contributed by atoms with Crippen molar-refractivity contribution in [1.82, 2.24) is 10.2 Å². The number of nitrogens with one attached hydrogen (secondary N) is 1. The first-order valence-corrected chi connectivity index (χ1v) is 10.7. The van der Waals surface area contributed by atoms with Gasteiger partial charge in [-0.3, -0.25) is 4.99 Å². The maximum absolute atomic E-state index is 5.54. The second kappa shape index (κ2) is 10.2. The number of thioether (sulfide) groups is 1. The van der Waals surface area contributed by atoms with E-state index in [0.29, 0.717) is 0 Å². The van der Waals surface area contributed by atoms with Gasteiger partial charge in [-0.05, 0) is 36.6 Å². The number of hydrogen-bond acceptors (Lipinski definition) is 5. The Balaban J connectivity index is 0.00000225. The Bertz CT molecular complexity index is 527.